The van der Waals surface area contributed by atoms with Gasteiger partial charge in [-0.25, -0.2) is 19.6 Å². The van der Waals surface area contributed by atoms with Gasteiger partial charge in [-0.15, -0.1) is 0 Å². The molecule has 4 amide bonds. The molecule has 0 radical (unpaired) electrons. The van der Waals surface area contributed by atoms with Gasteiger partial charge in [0.2, 0.25) is 11.8 Å². The second-order valence-corrected chi connectivity index (χ2v) is 18.4. The van der Waals surface area contributed by atoms with E-state index in [1.54, 1.807) is 0 Å². The highest BCUT2D eigenvalue weighted by molar-refractivity contribution is 5.89. The number of likely N-dealkylation sites (tertiary alicyclic amines) is 2. The van der Waals surface area contributed by atoms with Crippen molar-refractivity contribution in [3.05, 3.63) is 95.7 Å². The number of H-pyrrole nitrogens is 2. The third-order valence-electron chi connectivity index (χ3n) is 13.8. The minimum atomic E-state index is -0.693. The Labute approximate surface area is 373 Å². The van der Waals surface area contributed by atoms with Crippen LogP contribution in [-0.4, -0.2) is 93.1 Å². The van der Waals surface area contributed by atoms with Crippen LogP contribution < -0.4 is 10.6 Å². The quantitative estimate of drug-likeness (QED) is 0.0953. The molecule has 2 unspecified atom stereocenters. The van der Waals surface area contributed by atoms with Crippen LogP contribution in [0.2, 0.25) is 0 Å². The number of rotatable bonds is 11. The maximum atomic E-state index is 13.8. The van der Waals surface area contributed by atoms with E-state index in [4.69, 9.17) is 19.4 Å². The van der Waals surface area contributed by atoms with Crippen LogP contribution in [0.5, 0.6) is 0 Å². The standard InChI is InChI=1S/C50H58N8O6/c1-27(2)43(55-49(61)63-5)47(59)57-23-7-9-39(57)45-51-26-38(54-45)30-13-11-29(12-14-30)34-20-21-35(42-32-17-15-31(16-18-32)41(34)42)33-19-22-36-37(25-33)53-46(52-36)40-10-8-24-58(40)48(60)44(28(3)4)56-50(62)64-6/h11-15,17,19-22,25-28,31-32,39-40,43-44H,7-10,16,18,23-24H2,1-6H3,(H,51,54)(H,52,53)(H,55,61)(H,56,62)/t31?,32?,39-,40-,43-,44+/m0/s1. The van der Waals surface area contributed by atoms with Gasteiger partial charge < -0.3 is 39.9 Å². The molecule has 5 aromatic rings. The van der Waals surface area contributed by atoms with Crippen molar-refractivity contribution in [1.82, 2.24) is 40.4 Å². The van der Waals surface area contributed by atoms with Gasteiger partial charge in [0.05, 0.1) is 49.2 Å². The number of hydrogen-bond acceptors (Lipinski definition) is 8. The zero-order valence-electron chi connectivity index (χ0n) is 37.4. The summed E-state index contributed by atoms with van der Waals surface area (Å²) in [6, 6.07) is 17.8. The van der Waals surface area contributed by atoms with Crippen molar-refractivity contribution < 1.29 is 28.7 Å². The van der Waals surface area contributed by atoms with E-state index in [0.29, 0.717) is 24.9 Å². The molecule has 5 aliphatic rings. The summed E-state index contributed by atoms with van der Waals surface area (Å²) in [6.07, 6.45) is 10.9. The summed E-state index contributed by atoms with van der Waals surface area (Å²) in [6.45, 7) is 8.86. The second-order valence-electron chi connectivity index (χ2n) is 18.4. The second kappa shape index (κ2) is 17.6. The molecule has 2 bridgehead atoms. The Morgan fingerprint density at radius 1 is 0.656 bits per heavy atom. The molecular weight excluding hydrogens is 809 g/mol. The first-order valence-corrected chi connectivity index (χ1v) is 22.7. The predicted octanol–water partition coefficient (Wildman–Crippen LogP) is 8.91. The van der Waals surface area contributed by atoms with Crippen LogP contribution >= 0.6 is 0 Å². The normalized spacial score (nSPS) is 21.1. The SMILES string of the molecule is COC(=O)N[C@H](C(=O)N1CCC[C@H]1c1ncc(-c2ccc(-c3ccc(-c4ccc5nc([C@@H]6CCCN6C(=O)[C@H](NC(=O)OC)C(C)C)[nH]c5c4)c4c3C3C=CC4CC3)cc2)[nH]1)C(C)C. The Bertz CT molecular complexity index is 2610. The maximum absolute atomic E-state index is 13.8. The molecule has 64 heavy (non-hydrogen) atoms. The average Bonchev–Trinajstić information content (AvgIpc) is 4.16. The number of ether oxygens (including phenoxy) is 2. The van der Waals surface area contributed by atoms with Crippen molar-refractivity contribution in [2.24, 2.45) is 11.8 Å². The van der Waals surface area contributed by atoms with Crippen molar-refractivity contribution in [2.75, 3.05) is 27.3 Å². The number of methoxy groups -OCH3 is 2. The highest BCUT2D eigenvalue weighted by Crippen LogP contribution is 2.52. The molecular formula is C50H58N8O6. The first kappa shape index (κ1) is 42.8. The van der Waals surface area contributed by atoms with E-state index in [2.05, 4.69) is 87.4 Å². The number of carbonyl (C=O) groups excluding carboxylic acids is 4. The van der Waals surface area contributed by atoms with E-state index in [1.807, 2.05) is 43.7 Å². The fourth-order valence-electron chi connectivity index (χ4n) is 10.5. The molecule has 0 spiro atoms. The predicted molar refractivity (Wildman–Crippen MR) is 244 cm³/mol. The van der Waals surface area contributed by atoms with E-state index in [0.717, 1.165) is 83.6 Å². The van der Waals surface area contributed by atoms with Crippen molar-refractivity contribution in [1.29, 1.82) is 0 Å². The number of hydrogen-bond donors (Lipinski definition) is 4. The number of nitrogens with zero attached hydrogens (tertiary/aromatic N) is 4. The number of benzene rings is 3. The van der Waals surface area contributed by atoms with Gasteiger partial charge in [0, 0.05) is 24.9 Å². The minimum Gasteiger partial charge on any atom is -0.453 e. The molecule has 2 saturated heterocycles. The first-order valence-electron chi connectivity index (χ1n) is 22.7. The van der Waals surface area contributed by atoms with E-state index in [-0.39, 0.29) is 35.7 Å². The van der Waals surface area contributed by atoms with E-state index in [1.165, 1.54) is 36.5 Å². The summed E-state index contributed by atoms with van der Waals surface area (Å²) in [4.78, 5) is 72.2. The first-order chi connectivity index (χ1) is 30.9. The van der Waals surface area contributed by atoms with E-state index in [9.17, 15) is 19.2 Å². The largest absolute Gasteiger partial charge is 0.453 e. The van der Waals surface area contributed by atoms with Crippen LogP contribution in [0.4, 0.5) is 9.59 Å². The number of amides is 4. The molecule has 10 rings (SSSR count). The molecule has 2 fully saturated rings. The number of aromatic nitrogens is 4. The number of allylic oxidation sites excluding steroid dienone is 2. The van der Waals surface area contributed by atoms with Crippen LogP contribution in [0.15, 0.2) is 72.9 Å². The smallest absolute Gasteiger partial charge is 0.407 e. The average molecular weight is 867 g/mol. The molecule has 2 aliphatic heterocycles. The lowest BCUT2D eigenvalue weighted by Gasteiger charge is -2.37. The Kier molecular flexibility index (Phi) is 11.8. The minimum absolute atomic E-state index is 0.106. The summed E-state index contributed by atoms with van der Waals surface area (Å²) in [7, 11) is 2.60. The van der Waals surface area contributed by atoms with Crippen molar-refractivity contribution >= 4 is 35.0 Å². The molecule has 3 aromatic carbocycles. The molecule has 3 aliphatic carbocycles. The molecule has 6 atom stereocenters. The van der Waals surface area contributed by atoms with Crippen molar-refractivity contribution in [2.45, 2.75) is 102 Å². The van der Waals surface area contributed by atoms with Gasteiger partial charge in [-0.05, 0) is 101 Å². The Hall–Kier alpha value is -6.44. The van der Waals surface area contributed by atoms with Crippen LogP contribution in [0, 0.1) is 11.8 Å². The van der Waals surface area contributed by atoms with Gasteiger partial charge >= 0.3 is 12.2 Å². The Balaban J connectivity index is 0.963. The lowest BCUT2D eigenvalue weighted by atomic mass is 9.67. The molecule has 0 saturated carbocycles. The van der Waals surface area contributed by atoms with Crippen LogP contribution in [0.3, 0.4) is 0 Å². The Morgan fingerprint density at radius 2 is 1.17 bits per heavy atom. The number of fused-ring (bicyclic) bond motifs is 2. The summed E-state index contributed by atoms with van der Waals surface area (Å²) in [5.74, 6) is 1.68. The fourth-order valence-corrected chi connectivity index (χ4v) is 10.5. The van der Waals surface area contributed by atoms with Crippen molar-refractivity contribution in [3.63, 3.8) is 0 Å². The number of imidazole rings is 2. The van der Waals surface area contributed by atoms with Gasteiger partial charge in [0.15, 0.2) is 0 Å². The van der Waals surface area contributed by atoms with Crippen molar-refractivity contribution in [3.8, 4) is 33.5 Å². The monoisotopic (exact) mass is 866 g/mol. The zero-order valence-corrected chi connectivity index (χ0v) is 37.4. The van der Waals surface area contributed by atoms with Gasteiger partial charge in [-0.3, -0.25) is 9.59 Å². The van der Waals surface area contributed by atoms with Crippen LogP contribution in [0.1, 0.15) is 113 Å². The molecule has 4 heterocycles. The fraction of sp³-hybridized carbons (Fsp3) is 0.440. The summed E-state index contributed by atoms with van der Waals surface area (Å²) >= 11 is 0. The van der Waals surface area contributed by atoms with Gasteiger partial charge in [-0.2, -0.15) is 0 Å². The molecule has 334 valence electrons. The highest BCUT2D eigenvalue weighted by Gasteiger charge is 2.40. The lowest BCUT2D eigenvalue weighted by Crippen LogP contribution is -2.51. The maximum Gasteiger partial charge on any atom is 0.407 e. The van der Waals surface area contributed by atoms with E-state index >= 15 is 0 Å². The van der Waals surface area contributed by atoms with E-state index < -0.39 is 24.3 Å². The van der Waals surface area contributed by atoms with Gasteiger partial charge in [0.1, 0.15) is 23.7 Å². The lowest BCUT2D eigenvalue weighted by molar-refractivity contribution is -0.136. The number of nitrogens with one attached hydrogen (secondary N) is 4. The van der Waals surface area contributed by atoms with Gasteiger partial charge in [-0.1, -0.05) is 82.3 Å². The van der Waals surface area contributed by atoms with Crippen LogP contribution in [0.25, 0.3) is 44.5 Å². The molecule has 14 heteroatoms. The summed E-state index contributed by atoms with van der Waals surface area (Å²) in [5.41, 5.74) is 11.2. The summed E-state index contributed by atoms with van der Waals surface area (Å²) in [5, 5.41) is 5.46. The highest BCUT2D eigenvalue weighted by atomic mass is 16.5. The molecule has 2 aromatic heterocycles. The third kappa shape index (κ3) is 7.91. The number of carbonyl (C=O) groups is 4. The number of aromatic amines is 2. The Morgan fingerprint density at radius 3 is 1.70 bits per heavy atom. The number of alkyl carbamates (subject to hydrolysis) is 2. The zero-order chi connectivity index (χ0) is 44.8. The summed E-state index contributed by atoms with van der Waals surface area (Å²) < 4.78 is 9.61. The molecule has 14 nitrogen and oxygen atoms in total. The third-order valence-corrected chi connectivity index (χ3v) is 13.8. The van der Waals surface area contributed by atoms with Gasteiger partial charge in [0.25, 0.3) is 0 Å². The molecule has 4 N–H and O–H groups in total. The van der Waals surface area contributed by atoms with Crippen LogP contribution in [-0.2, 0) is 19.1 Å². The topological polar surface area (TPSA) is 175 Å².